The molecule has 2 aromatic rings. The van der Waals surface area contributed by atoms with Gasteiger partial charge in [-0.1, -0.05) is 81.4 Å². The maximum Gasteiger partial charge on any atom is 0.411 e. The van der Waals surface area contributed by atoms with E-state index >= 15 is 0 Å². The first kappa shape index (κ1) is 29.5. The van der Waals surface area contributed by atoms with Crippen LogP contribution in [0.25, 0.3) is 0 Å². The van der Waals surface area contributed by atoms with E-state index in [1.165, 1.54) is 10.4 Å². The van der Waals surface area contributed by atoms with Gasteiger partial charge in [-0.2, -0.15) is 5.26 Å². The van der Waals surface area contributed by atoms with E-state index in [-0.39, 0.29) is 17.1 Å². The topological polar surface area (TPSA) is 65.8 Å². The average Bonchev–Trinajstić information content (AvgIpc) is 3.26. The molecule has 0 bridgehead atoms. The third-order valence-electron chi connectivity index (χ3n) is 6.90. The number of benzene rings is 2. The van der Waals surface area contributed by atoms with Gasteiger partial charge in [0.05, 0.1) is 30.3 Å². The number of carbonyl (C=O) groups is 1. The Labute approximate surface area is 230 Å². The van der Waals surface area contributed by atoms with Crippen LogP contribution in [0.5, 0.6) is 0 Å². The van der Waals surface area contributed by atoms with Crippen LogP contribution in [0.3, 0.4) is 0 Å². The third kappa shape index (κ3) is 6.48. The van der Waals surface area contributed by atoms with Crippen LogP contribution >= 0.6 is 0 Å². The number of amides is 1. The van der Waals surface area contributed by atoms with Crippen LogP contribution in [0.2, 0.25) is 5.04 Å². The molecular weight excluding hydrogens is 490 g/mol. The Balaban J connectivity index is 2.05. The standard InChI is InChI=1S/C31H43N3O3Si/c1-30(2,3)37-29(35)34-25(19-20-28(34)24(21-32)22-33(7)8)23-36-38(31(4,5)6,26-15-11-9-12-16-26)27-17-13-10-14-18-27/h9-18,22,25,28H,19-20,23H2,1-8H3/b24-22-/t25-,28+/m0/s1. The Hall–Kier alpha value is -3.08. The van der Waals surface area contributed by atoms with Gasteiger partial charge in [-0.05, 0) is 49.0 Å². The van der Waals surface area contributed by atoms with Crippen molar-refractivity contribution in [1.82, 2.24) is 9.80 Å². The van der Waals surface area contributed by atoms with Crippen molar-refractivity contribution in [3.63, 3.8) is 0 Å². The summed E-state index contributed by atoms with van der Waals surface area (Å²) in [4.78, 5) is 17.2. The fourth-order valence-corrected chi connectivity index (χ4v) is 9.99. The molecule has 0 saturated carbocycles. The van der Waals surface area contributed by atoms with Crippen molar-refractivity contribution >= 4 is 24.8 Å². The average molecular weight is 534 g/mol. The van der Waals surface area contributed by atoms with Crippen molar-refractivity contribution in [2.24, 2.45) is 0 Å². The summed E-state index contributed by atoms with van der Waals surface area (Å²) in [5.74, 6) is 0. The summed E-state index contributed by atoms with van der Waals surface area (Å²) in [5, 5.41) is 12.2. The normalized spacial score (nSPS) is 18.7. The smallest absolute Gasteiger partial charge is 0.411 e. The zero-order valence-electron chi connectivity index (χ0n) is 24.2. The highest BCUT2D eigenvalue weighted by atomic mass is 28.4. The molecule has 1 saturated heterocycles. The molecule has 2 atom stereocenters. The van der Waals surface area contributed by atoms with Gasteiger partial charge in [0.15, 0.2) is 0 Å². The quantitative estimate of drug-likeness (QED) is 0.357. The Morgan fingerprint density at radius 1 is 1.00 bits per heavy atom. The lowest BCUT2D eigenvalue weighted by atomic mass is 10.1. The minimum Gasteiger partial charge on any atom is -0.444 e. The molecule has 0 aliphatic carbocycles. The molecule has 0 radical (unpaired) electrons. The summed E-state index contributed by atoms with van der Waals surface area (Å²) >= 11 is 0. The number of ether oxygens (including phenoxy) is 1. The Bertz CT molecular complexity index is 1110. The Morgan fingerprint density at radius 2 is 1.53 bits per heavy atom. The van der Waals surface area contributed by atoms with Crippen molar-refractivity contribution in [2.75, 3.05) is 20.7 Å². The molecule has 2 aromatic carbocycles. The van der Waals surface area contributed by atoms with E-state index < -0.39 is 20.0 Å². The van der Waals surface area contributed by atoms with E-state index in [9.17, 15) is 10.1 Å². The molecule has 6 nitrogen and oxygen atoms in total. The largest absolute Gasteiger partial charge is 0.444 e. The molecule has 0 spiro atoms. The molecular formula is C31H43N3O3Si. The van der Waals surface area contributed by atoms with Gasteiger partial charge in [-0.3, -0.25) is 4.90 Å². The highest BCUT2D eigenvalue weighted by molar-refractivity contribution is 6.99. The van der Waals surface area contributed by atoms with Gasteiger partial charge < -0.3 is 14.1 Å². The van der Waals surface area contributed by atoms with E-state index in [0.29, 0.717) is 18.6 Å². The van der Waals surface area contributed by atoms with Crippen molar-refractivity contribution in [3.05, 3.63) is 72.4 Å². The van der Waals surface area contributed by atoms with Crippen LogP contribution in [0.15, 0.2) is 72.4 Å². The molecule has 7 heteroatoms. The molecule has 3 rings (SSSR count). The predicted octanol–water partition coefficient (Wildman–Crippen LogP) is 5.30. The first-order valence-corrected chi connectivity index (χ1v) is 15.3. The summed E-state index contributed by atoms with van der Waals surface area (Å²) < 4.78 is 13.0. The van der Waals surface area contributed by atoms with Gasteiger partial charge in [0.25, 0.3) is 8.32 Å². The van der Waals surface area contributed by atoms with E-state index in [1.807, 2.05) is 51.9 Å². The van der Waals surface area contributed by atoms with Gasteiger partial charge in [0, 0.05) is 20.3 Å². The highest BCUT2D eigenvalue weighted by Crippen LogP contribution is 2.38. The summed E-state index contributed by atoms with van der Waals surface area (Å²) in [6.07, 6.45) is 2.81. The van der Waals surface area contributed by atoms with Gasteiger partial charge in [-0.25, -0.2) is 4.79 Å². The Kier molecular flexibility index (Phi) is 9.12. The SMILES string of the molecule is CN(C)/C=C(/C#N)[C@H]1CC[C@@H](CO[Si](c2ccccc2)(c2ccccc2)C(C)(C)C)N1C(=O)OC(C)(C)C. The first-order chi connectivity index (χ1) is 17.8. The Morgan fingerprint density at radius 3 is 1.95 bits per heavy atom. The molecule has 0 aromatic heterocycles. The number of nitriles is 1. The van der Waals surface area contributed by atoms with Crippen molar-refractivity contribution in [2.45, 2.75) is 77.1 Å². The zero-order valence-corrected chi connectivity index (χ0v) is 25.2. The van der Waals surface area contributed by atoms with Crippen molar-refractivity contribution < 1.29 is 14.0 Å². The van der Waals surface area contributed by atoms with E-state index in [1.54, 1.807) is 11.1 Å². The first-order valence-electron chi connectivity index (χ1n) is 13.3. The zero-order chi connectivity index (χ0) is 28.1. The maximum atomic E-state index is 13.6. The van der Waals surface area contributed by atoms with Crippen LogP contribution in [0, 0.1) is 11.3 Å². The third-order valence-corrected chi connectivity index (χ3v) is 11.9. The molecule has 1 aliphatic rings. The van der Waals surface area contributed by atoms with E-state index in [4.69, 9.17) is 9.16 Å². The van der Waals surface area contributed by atoms with Crippen molar-refractivity contribution in [1.29, 1.82) is 5.26 Å². The van der Waals surface area contributed by atoms with Crippen LogP contribution in [0.4, 0.5) is 4.79 Å². The van der Waals surface area contributed by atoms with Crippen molar-refractivity contribution in [3.8, 4) is 6.07 Å². The molecule has 1 amide bonds. The fraction of sp³-hybridized carbons (Fsp3) is 0.484. The van der Waals surface area contributed by atoms with Crippen LogP contribution in [-0.4, -0.2) is 62.6 Å². The number of hydrogen-bond donors (Lipinski definition) is 0. The summed E-state index contributed by atoms with van der Waals surface area (Å²) in [6.45, 7) is 12.7. The summed E-state index contributed by atoms with van der Waals surface area (Å²) in [6, 6.07) is 22.8. The lowest BCUT2D eigenvalue weighted by Crippen LogP contribution is -2.67. The number of rotatable bonds is 7. The molecule has 0 N–H and O–H groups in total. The van der Waals surface area contributed by atoms with E-state index in [2.05, 4.69) is 75.4 Å². The molecule has 0 unspecified atom stereocenters. The molecule has 1 aliphatic heterocycles. The monoisotopic (exact) mass is 533 g/mol. The van der Waals surface area contributed by atoms with Gasteiger partial charge in [0.1, 0.15) is 5.60 Å². The molecule has 38 heavy (non-hydrogen) atoms. The maximum absolute atomic E-state index is 13.6. The van der Waals surface area contributed by atoms with Crippen LogP contribution in [-0.2, 0) is 9.16 Å². The highest BCUT2D eigenvalue weighted by Gasteiger charge is 2.51. The van der Waals surface area contributed by atoms with Crippen LogP contribution < -0.4 is 10.4 Å². The number of likely N-dealkylation sites (tertiary alicyclic amines) is 1. The minimum atomic E-state index is -2.78. The van der Waals surface area contributed by atoms with Gasteiger partial charge in [0.2, 0.25) is 0 Å². The summed E-state index contributed by atoms with van der Waals surface area (Å²) in [5.41, 5.74) is -0.0973. The van der Waals surface area contributed by atoms with Gasteiger partial charge >= 0.3 is 6.09 Å². The predicted molar refractivity (Wildman–Crippen MR) is 156 cm³/mol. The second kappa shape index (κ2) is 11.8. The summed E-state index contributed by atoms with van der Waals surface area (Å²) in [7, 11) is 0.987. The fourth-order valence-electron chi connectivity index (χ4n) is 5.39. The lowest BCUT2D eigenvalue weighted by Gasteiger charge is -2.44. The molecule has 1 heterocycles. The number of carbonyl (C=O) groups excluding carboxylic acids is 1. The number of nitrogens with zero attached hydrogens (tertiary/aromatic N) is 3. The van der Waals surface area contributed by atoms with Gasteiger partial charge in [-0.15, -0.1) is 0 Å². The molecule has 204 valence electrons. The number of hydrogen-bond acceptors (Lipinski definition) is 5. The van der Waals surface area contributed by atoms with E-state index in [0.717, 1.165) is 6.42 Å². The second-order valence-corrected chi connectivity index (χ2v) is 16.6. The van der Waals surface area contributed by atoms with Crippen LogP contribution in [0.1, 0.15) is 54.4 Å². The minimum absolute atomic E-state index is 0.174. The molecule has 1 fully saturated rings. The second-order valence-electron chi connectivity index (χ2n) is 12.3. The lowest BCUT2D eigenvalue weighted by molar-refractivity contribution is 0.0128.